The van der Waals surface area contributed by atoms with E-state index in [0.29, 0.717) is 6.42 Å². The Kier molecular flexibility index (Phi) is 1.68. The Balaban J connectivity index is 1.63. The number of aromatic nitrogens is 3. The zero-order chi connectivity index (χ0) is 9.60. The Bertz CT molecular complexity index is 339. The second-order valence-corrected chi connectivity index (χ2v) is 4.78. The summed E-state index contributed by atoms with van der Waals surface area (Å²) in [7, 11) is 0. The Labute approximate surface area is 82.9 Å². The largest absolute Gasteiger partial charge is 0.389 e. The number of hydrogen-bond donors (Lipinski definition) is 1. The SMILES string of the molecule is OC1(Cc2cn(CC3CC3)nn2)CC1. The molecule has 0 saturated heterocycles. The number of aliphatic hydroxyl groups is 1. The lowest BCUT2D eigenvalue weighted by molar-refractivity contribution is 0.149. The second-order valence-electron chi connectivity index (χ2n) is 4.78. The summed E-state index contributed by atoms with van der Waals surface area (Å²) in [4.78, 5) is 0. The third kappa shape index (κ3) is 1.80. The molecule has 0 amide bonds. The van der Waals surface area contributed by atoms with Gasteiger partial charge in [-0.1, -0.05) is 5.21 Å². The van der Waals surface area contributed by atoms with Gasteiger partial charge in [0.05, 0.1) is 11.3 Å². The van der Waals surface area contributed by atoms with Crippen LogP contribution in [0.4, 0.5) is 0 Å². The van der Waals surface area contributed by atoms with E-state index in [1.54, 1.807) is 0 Å². The van der Waals surface area contributed by atoms with Crippen molar-refractivity contribution >= 4 is 0 Å². The first-order chi connectivity index (χ1) is 6.73. The van der Waals surface area contributed by atoms with Gasteiger partial charge < -0.3 is 5.11 Å². The van der Waals surface area contributed by atoms with E-state index in [1.807, 2.05) is 10.9 Å². The first kappa shape index (κ1) is 8.41. The van der Waals surface area contributed by atoms with Crippen molar-refractivity contribution in [3.8, 4) is 0 Å². The molecule has 1 aromatic heterocycles. The van der Waals surface area contributed by atoms with E-state index >= 15 is 0 Å². The van der Waals surface area contributed by atoms with E-state index in [4.69, 9.17) is 0 Å². The number of nitrogens with zero attached hydrogens (tertiary/aromatic N) is 3. The van der Waals surface area contributed by atoms with Crippen LogP contribution in [0.1, 0.15) is 31.4 Å². The van der Waals surface area contributed by atoms with Crippen LogP contribution in [0.3, 0.4) is 0 Å². The van der Waals surface area contributed by atoms with Gasteiger partial charge in [-0.3, -0.25) is 4.68 Å². The highest BCUT2D eigenvalue weighted by molar-refractivity contribution is 5.06. The van der Waals surface area contributed by atoms with Crippen LogP contribution in [0.25, 0.3) is 0 Å². The fourth-order valence-electron chi connectivity index (χ4n) is 1.73. The fraction of sp³-hybridized carbons (Fsp3) is 0.800. The summed E-state index contributed by atoms with van der Waals surface area (Å²) in [6, 6.07) is 0. The van der Waals surface area contributed by atoms with Crippen LogP contribution in [0.15, 0.2) is 6.20 Å². The van der Waals surface area contributed by atoms with Gasteiger partial charge in [0.1, 0.15) is 0 Å². The molecule has 2 fully saturated rings. The average Bonchev–Trinajstić information content (AvgIpc) is 3.01. The Morgan fingerprint density at radius 1 is 1.50 bits per heavy atom. The summed E-state index contributed by atoms with van der Waals surface area (Å²) < 4.78 is 1.92. The van der Waals surface area contributed by atoms with Crippen molar-refractivity contribution in [2.45, 2.75) is 44.2 Å². The molecule has 0 spiro atoms. The predicted molar refractivity (Wildman–Crippen MR) is 50.6 cm³/mol. The van der Waals surface area contributed by atoms with Crippen molar-refractivity contribution in [3.05, 3.63) is 11.9 Å². The molecule has 4 nitrogen and oxygen atoms in total. The highest BCUT2D eigenvalue weighted by Crippen LogP contribution is 2.37. The topological polar surface area (TPSA) is 50.9 Å². The minimum Gasteiger partial charge on any atom is -0.389 e. The molecule has 2 aliphatic carbocycles. The van der Waals surface area contributed by atoms with Gasteiger partial charge in [-0.2, -0.15) is 0 Å². The zero-order valence-electron chi connectivity index (χ0n) is 8.19. The monoisotopic (exact) mass is 193 g/mol. The summed E-state index contributed by atoms with van der Waals surface area (Å²) in [5.41, 5.74) is 0.492. The molecule has 0 aliphatic heterocycles. The van der Waals surface area contributed by atoms with Crippen molar-refractivity contribution in [2.75, 3.05) is 0 Å². The smallest absolute Gasteiger partial charge is 0.0855 e. The quantitative estimate of drug-likeness (QED) is 0.768. The first-order valence-corrected chi connectivity index (χ1v) is 5.35. The van der Waals surface area contributed by atoms with Gasteiger partial charge >= 0.3 is 0 Å². The molecule has 76 valence electrons. The van der Waals surface area contributed by atoms with Crippen molar-refractivity contribution in [2.24, 2.45) is 5.92 Å². The standard InChI is InChI=1S/C10H15N3O/c14-10(3-4-10)5-9-7-13(12-11-9)6-8-1-2-8/h7-8,14H,1-6H2. The van der Waals surface area contributed by atoms with Crippen LogP contribution in [0.2, 0.25) is 0 Å². The van der Waals surface area contributed by atoms with Crippen molar-refractivity contribution in [1.29, 1.82) is 0 Å². The van der Waals surface area contributed by atoms with Gasteiger partial charge in [-0.05, 0) is 31.6 Å². The molecule has 0 radical (unpaired) electrons. The predicted octanol–water partition coefficient (Wildman–Crippen LogP) is 0.755. The third-order valence-corrected chi connectivity index (χ3v) is 3.07. The molecule has 4 heteroatoms. The molecule has 14 heavy (non-hydrogen) atoms. The summed E-state index contributed by atoms with van der Waals surface area (Å²) in [6.07, 6.45) is 7.16. The van der Waals surface area contributed by atoms with Gasteiger partial charge in [0.25, 0.3) is 0 Å². The maximum Gasteiger partial charge on any atom is 0.0855 e. The van der Waals surface area contributed by atoms with E-state index in [-0.39, 0.29) is 0 Å². The van der Waals surface area contributed by atoms with E-state index in [2.05, 4.69) is 10.3 Å². The summed E-state index contributed by atoms with van der Waals surface area (Å²) in [5.74, 6) is 0.827. The van der Waals surface area contributed by atoms with Crippen LogP contribution in [0.5, 0.6) is 0 Å². The molecule has 0 aromatic carbocycles. The van der Waals surface area contributed by atoms with Gasteiger partial charge in [0.2, 0.25) is 0 Å². The molecule has 0 unspecified atom stereocenters. The Morgan fingerprint density at radius 2 is 2.29 bits per heavy atom. The zero-order valence-corrected chi connectivity index (χ0v) is 8.19. The van der Waals surface area contributed by atoms with Gasteiger partial charge in [-0.25, -0.2) is 0 Å². The minimum atomic E-state index is -0.444. The summed E-state index contributed by atoms with van der Waals surface area (Å²) >= 11 is 0. The molecule has 0 bridgehead atoms. The maximum atomic E-state index is 9.71. The summed E-state index contributed by atoms with van der Waals surface area (Å²) in [6.45, 7) is 1.01. The Morgan fingerprint density at radius 3 is 2.93 bits per heavy atom. The van der Waals surface area contributed by atoms with E-state index in [9.17, 15) is 5.11 Å². The van der Waals surface area contributed by atoms with Gasteiger partial charge in [-0.15, -0.1) is 5.10 Å². The van der Waals surface area contributed by atoms with Crippen molar-refractivity contribution < 1.29 is 5.11 Å². The molecule has 3 rings (SSSR count). The summed E-state index contributed by atoms with van der Waals surface area (Å²) in [5, 5.41) is 17.8. The molecular formula is C10H15N3O. The lowest BCUT2D eigenvalue weighted by Crippen LogP contribution is -2.10. The molecular weight excluding hydrogens is 178 g/mol. The van der Waals surface area contributed by atoms with Crippen LogP contribution in [-0.2, 0) is 13.0 Å². The highest BCUT2D eigenvalue weighted by Gasteiger charge is 2.41. The van der Waals surface area contributed by atoms with E-state index in [1.165, 1.54) is 12.8 Å². The van der Waals surface area contributed by atoms with Gasteiger partial charge in [0.15, 0.2) is 0 Å². The highest BCUT2D eigenvalue weighted by atomic mass is 16.3. The van der Waals surface area contributed by atoms with Crippen molar-refractivity contribution in [3.63, 3.8) is 0 Å². The lowest BCUT2D eigenvalue weighted by atomic mass is 10.2. The second kappa shape index (κ2) is 2.79. The molecule has 0 atom stereocenters. The lowest BCUT2D eigenvalue weighted by Gasteiger charge is -2.01. The molecule has 2 aliphatic rings. The van der Waals surface area contributed by atoms with E-state index < -0.39 is 5.60 Å². The fourth-order valence-corrected chi connectivity index (χ4v) is 1.73. The van der Waals surface area contributed by atoms with Crippen molar-refractivity contribution in [1.82, 2.24) is 15.0 Å². The third-order valence-electron chi connectivity index (χ3n) is 3.07. The van der Waals surface area contributed by atoms with E-state index in [0.717, 1.165) is 31.0 Å². The normalized spacial score (nSPS) is 23.8. The van der Waals surface area contributed by atoms with Crippen LogP contribution >= 0.6 is 0 Å². The maximum absolute atomic E-state index is 9.71. The molecule has 1 heterocycles. The van der Waals surface area contributed by atoms with Gasteiger partial charge in [0, 0.05) is 19.2 Å². The number of rotatable bonds is 4. The molecule has 2 saturated carbocycles. The number of hydrogen-bond acceptors (Lipinski definition) is 3. The average molecular weight is 193 g/mol. The molecule has 1 aromatic rings. The van der Waals surface area contributed by atoms with Crippen LogP contribution in [0, 0.1) is 5.92 Å². The first-order valence-electron chi connectivity index (χ1n) is 5.35. The van der Waals surface area contributed by atoms with Crippen LogP contribution < -0.4 is 0 Å². The molecule has 1 N–H and O–H groups in total. The minimum absolute atomic E-state index is 0.444. The Hall–Kier alpha value is -0.900. The van der Waals surface area contributed by atoms with Crippen LogP contribution in [-0.4, -0.2) is 25.7 Å².